The zero-order chi connectivity index (χ0) is 7.98. The molecule has 0 bridgehead atoms. The van der Waals surface area contributed by atoms with E-state index in [1.165, 1.54) is 0 Å². The topological polar surface area (TPSA) is 18.5 Å². The summed E-state index contributed by atoms with van der Waals surface area (Å²) in [5.41, 5.74) is 0. The van der Waals surface area contributed by atoms with Gasteiger partial charge >= 0.3 is 0 Å². The van der Waals surface area contributed by atoms with E-state index in [0.29, 0.717) is 12.5 Å². The monoisotopic (exact) mass is 166 g/mol. The normalized spacial score (nSPS) is 14.1. The number of halogens is 1. The minimum atomic E-state index is -0.140. The Morgan fingerprint density at radius 2 is 1.90 bits per heavy atom. The molecule has 0 aliphatic carbocycles. The van der Waals surface area contributed by atoms with E-state index >= 15 is 0 Å². The van der Waals surface area contributed by atoms with Gasteiger partial charge in [-0.15, -0.1) is 11.6 Å². The Kier molecular flexibility index (Phi) is 6.08. The Labute approximate surface area is 67.5 Å². The first-order valence-electron chi connectivity index (χ1n) is 3.50. The van der Waals surface area contributed by atoms with Gasteiger partial charge < -0.3 is 9.47 Å². The molecule has 0 saturated carbocycles. The molecule has 1 atom stereocenters. The molecule has 10 heavy (non-hydrogen) atoms. The van der Waals surface area contributed by atoms with Crippen molar-refractivity contribution in [3.63, 3.8) is 0 Å². The lowest BCUT2D eigenvalue weighted by Crippen LogP contribution is -2.18. The Morgan fingerprint density at radius 3 is 2.30 bits per heavy atom. The van der Waals surface area contributed by atoms with Crippen LogP contribution in [0.15, 0.2) is 0 Å². The third-order valence-corrected chi connectivity index (χ3v) is 1.05. The lowest BCUT2D eigenvalue weighted by atomic mass is 10.5. The molecule has 0 aliphatic rings. The highest BCUT2D eigenvalue weighted by Crippen LogP contribution is 1.98. The largest absolute Gasteiger partial charge is 0.352 e. The van der Waals surface area contributed by atoms with Gasteiger partial charge in [-0.1, -0.05) is 0 Å². The Balaban J connectivity index is 3.16. The van der Waals surface area contributed by atoms with Gasteiger partial charge in [0.1, 0.15) is 0 Å². The zero-order valence-corrected chi connectivity index (χ0v) is 7.52. The molecule has 2 nitrogen and oxygen atoms in total. The van der Waals surface area contributed by atoms with Crippen LogP contribution in [0, 0.1) is 0 Å². The third kappa shape index (κ3) is 6.33. The average molecular weight is 167 g/mol. The van der Waals surface area contributed by atoms with Crippen molar-refractivity contribution >= 4 is 11.6 Å². The van der Waals surface area contributed by atoms with Gasteiger partial charge in [-0.2, -0.15) is 0 Å². The molecule has 0 amide bonds. The summed E-state index contributed by atoms with van der Waals surface area (Å²) in [4.78, 5) is 0. The Morgan fingerprint density at radius 1 is 1.30 bits per heavy atom. The van der Waals surface area contributed by atoms with E-state index in [2.05, 4.69) is 0 Å². The second kappa shape index (κ2) is 5.96. The summed E-state index contributed by atoms with van der Waals surface area (Å²) in [6, 6.07) is 0. The van der Waals surface area contributed by atoms with E-state index in [0.717, 1.165) is 0 Å². The van der Waals surface area contributed by atoms with Crippen LogP contribution in [-0.4, -0.2) is 24.9 Å². The predicted octanol–water partition coefficient (Wildman–Crippen LogP) is 2.01. The van der Waals surface area contributed by atoms with Gasteiger partial charge in [0, 0.05) is 5.88 Å². The molecule has 0 spiro atoms. The maximum Gasteiger partial charge on any atom is 0.155 e. The third-order valence-electron chi connectivity index (χ3n) is 0.894. The van der Waals surface area contributed by atoms with Crippen molar-refractivity contribution < 1.29 is 9.47 Å². The van der Waals surface area contributed by atoms with E-state index in [9.17, 15) is 0 Å². The van der Waals surface area contributed by atoms with Crippen molar-refractivity contribution in [2.24, 2.45) is 0 Å². The van der Waals surface area contributed by atoms with Crippen molar-refractivity contribution in [3.8, 4) is 0 Å². The van der Waals surface area contributed by atoms with Gasteiger partial charge in [-0.05, 0) is 20.8 Å². The Bertz CT molecular complexity index is 76.0. The number of alkyl halides is 1. The van der Waals surface area contributed by atoms with E-state index in [1.54, 1.807) is 0 Å². The molecule has 3 heteroatoms. The summed E-state index contributed by atoms with van der Waals surface area (Å²) in [5.74, 6) is 0.520. The van der Waals surface area contributed by atoms with E-state index in [1.807, 2.05) is 20.8 Å². The van der Waals surface area contributed by atoms with Gasteiger partial charge in [0.15, 0.2) is 6.29 Å². The Hall–Kier alpha value is 0.210. The van der Waals surface area contributed by atoms with Crippen LogP contribution in [0.5, 0.6) is 0 Å². The first-order chi connectivity index (χ1) is 4.66. The number of ether oxygens (including phenoxy) is 2. The highest BCUT2D eigenvalue weighted by atomic mass is 35.5. The van der Waals surface area contributed by atoms with Crippen LogP contribution < -0.4 is 0 Å². The fourth-order valence-corrected chi connectivity index (χ4v) is 0.722. The van der Waals surface area contributed by atoms with Crippen molar-refractivity contribution in [2.75, 3.05) is 12.5 Å². The highest BCUT2D eigenvalue weighted by Gasteiger charge is 2.02. The van der Waals surface area contributed by atoms with Crippen molar-refractivity contribution in [1.82, 2.24) is 0 Å². The van der Waals surface area contributed by atoms with Crippen LogP contribution in [0.1, 0.15) is 20.8 Å². The highest BCUT2D eigenvalue weighted by molar-refractivity contribution is 6.17. The second-order valence-electron chi connectivity index (χ2n) is 2.31. The fourth-order valence-electron chi connectivity index (χ4n) is 0.633. The van der Waals surface area contributed by atoms with Gasteiger partial charge in [0.25, 0.3) is 0 Å². The van der Waals surface area contributed by atoms with Crippen molar-refractivity contribution in [1.29, 1.82) is 0 Å². The molecule has 0 radical (unpaired) electrons. The van der Waals surface area contributed by atoms with Gasteiger partial charge in [0.05, 0.1) is 12.7 Å². The molecule has 0 heterocycles. The quantitative estimate of drug-likeness (QED) is 0.460. The summed E-state index contributed by atoms with van der Waals surface area (Å²) in [7, 11) is 0. The first kappa shape index (κ1) is 10.2. The lowest BCUT2D eigenvalue weighted by Gasteiger charge is -2.15. The van der Waals surface area contributed by atoms with Gasteiger partial charge in [0.2, 0.25) is 0 Å². The van der Waals surface area contributed by atoms with E-state index in [4.69, 9.17) is 21.1 Å². The molecule has 0 aromatic carbocycles. The first-order valence-corrected chi connectivity index (χ1v) is 4.03. The summed E-state index contributed by atoms with van der Waals surface area (Å²) in [6.07, 6.45) is 0.0732. The zero-order valence-electron chi connectivity index (χ0n) is 6.76. The predicted molar refractivity (Wildman–Crippen MR) is 42.4 cm³/mol. The van der Waals surface area contributed by atoms with E-state index < -0.39 is 0 Å². The molecule has 0 saturated heterocycles. The standard InChI is InChI=1S/C7H15ClO2/c1-6(2)10-7(3)9-5-4-8/h6-7H,4-5H2,1-3H3. The fraction of sp³-hybridized carbons (Fsp3) is 1.00. The molecule has 0 N–H and O–H groups in total. The molecular formula is C7H15ClO2. The number of hydrogen-bond donors (Lipinski definition) is 0. The summed E-state index contributed by atoms with van der Waals surface area (Å²) >= 11 is 5.40. The molecule has 0 fully saturated rings. The minimum absolute atomic E-state index is 0.140. The summed E-state index contributed by atoms with van der Waals surface area (Å²) in [6.45, 7) is 6.36. The summed E-state index contributed by atoms with van der Waals surface area (Å²) in [5, 5.41) is 0. The molecule has 62 valence electrons. The second-order valence-corrected chi connectivity index (χ2v) is 2.69. The van der Waals surface area contributed by atoms with Crippen molar-refractivity contribution in [3.05, 3.63) is 0 Å². The maximum absolute atomic E-state index is 5.40. The van der Waals surface area contributed by atoms with Crippen LogP contribution in [0.3, 0.4) is 0 Å². The maximum atomic E-state index is 5.40. The van der Waals surface area contributed by atoms with Crippen LogP contribution >= 0.6 is 11.6 Å². The van der Waals surface area contributed by atoms with Crippen molar-refractivity contribution in [2.45, 2.75) is 33.2 Å². The van der Waals surface area contributed by atoms with Crippen LogP contribution in [0.2, 0.25) is 0 Å². The van der Waals surface area contributed by atoms with E-state index in [-0.39, 0.29) is 12.4 Å². The number of hydrogen-bond acceptors (Lipinski definition) is 2. The molecular weight excluding hydrogens is 152 g/mol. The molecule has 1 unspecified atom stereocenters. The summed E-state index contributed by atoms with van der Waals surface area (Å²) < 4.78 is 10.4. The molecule has 0 aromatic rings. The van der Waals surface area contributed by atoms with Crippen LogP contribution in [0.25, 0.3) is 0 Å². The van der Waals surface area contributed by atoms with Crippen LogP contribution in [0.4, 0.5) is 0 Å². The molecule has 0 rings (SSSR count). The number of rotatable bonds is 5. The average Bonchev–Trinajstić information content (AvgIpc) is 1.82. The smallest absolute Gasteiger partial charge is 0.155 e. The van der Waals surface area contributed by atoms with Crippen LogP contribution in [-0.2, 0) is 9.47 Å². The molecule has 0 aliphatic heterocycles. The van der Waals surface area contributed by atoms with Gasteiger partial charge in [-0.3, -0.25) is 0 Å². The minimum Gasteiger partial charge on any atom is -0.352 e. The molecule has 0 aromatic heterocycles. The van der Waals surface area contributed by atoms with Gasteiger partial charge in [-0.25, -0.2) is 0 Å². The SMILES string of the molecule is CC(C)OC(C)OCCCl. The lowest BCUT2D eigenvalue weighted by molar-refractivity contribution is -0.147.